The van der Waals surface area contributed by atoms with E-state index in [4.69, 9.17) is 23.8 Å². The first-order chi connectivity index (χ1) is 13.3. The van der Waals surface area contributed by atoms with Crippen LogP contribution in [0.25, 0.3) is 0 Å². The summed E-state index contributed by atoms with van der Waals surface area (Å²) in [6.07, 6.45) is 0. The van der Waals surface area contributed by atoms with Gasteiger partial charge in [-0.05, 0) is 43.4 Å². The molecule has 0 aromatic heterocycles. The van der Waals surface area contributed by atoms with Crippen molar-refractivity contribution in [3.8, 4) is 0 Å². The van der Waals surface area contributed by atoms with Crippen LogP contribution < -0.4 is 10.2 Å². The molecular weight excluding hydrogens is 400 g/mol. The van der Waals surface area contributed by atoms with Gasteiger partial charge in [-0.3, -0.25) is 20.2 Å². The molecule has 0 saturated carbocycles. The minimum absolute atomic E-state index is 0.0174. The van der Waals surface area contributed by atoms with E-state index in [1.807, 2.05) is 28.9 Å². The zero-order chi connectivity index (χ0) is 20.3. The molecule has 0 unspecified atom stereocenters. The van der Waals surface area contributed by atoms with E-state index >= 15 is 0 Å². The molecule has 146 valence electrons. The molecule has 3 rings (SSSR count). The van der Waals surface area contributed by atoms with Gasteiger partial charge < -0.3 is 9.80 Å². The van der Waals surface area contributed by atoms with Crippen molar-refractivity contribution in [3.05, 3.63) is 68.7 Å². The summed E-state index contributed by atoms with van der Waals surface area (Å²) in [7, 11) is 0. The predicted molar refractivity (Wildman–Crippen MR) is 113 cm³/mol. The SMILES string of the molecule is Cc1ccc(C(=O)NC(=S)N2CCN(c3ccc(Cl)cc3[N+](=O)[O-])CC2)cc1. The second kappa shape index (κ2) is 8.53. The van der Waals surface area contributed by atoms with Gasteiger partial charge in [0.05, 0.1) is 4.92 Å². The number of amides is 1. The van der Waals surface area contributed by atoms with Crippen LogP contribution in [0.3, 0.4) is 0 Å². The van der Waals surface area contributed by atoms with Crippen LogP contribution >= 0.6 is 23.8 Å². The van der Waals surface area contributed by atoms with Gasteiger partial charge >= 0.3 is 0 Å². The van der Waals surface area contributed by atoms with Gasteiger partial charge in [0.25, 0.3) is 11.6 Å². The molecule has 1 N–H and O–H groups in total. The number of hydrogen-bond acceptors (Lipinski definition) is 5. The second-order valence-corrected chi connectivity index (χ2v) is 7.31. The Labute approximate surface area is 173 Å². The maximum absolute atomic E-state index is 12.3. The molecule has 1 saturated heterocycles. The highest BCUT2D eigenvalue weighted by atomic mass is 35.5. The van der Waals surface area contributed by atoms with E-state index < -0.39 is 4.92 Å². The molecule has 0 spiro atoms. The Morgan fingerprint density at radius 3 is 2.39 bits per heavy atom. The van der Waals surface area contributed by atoms with Crippen LogP contribution in [0.5, 0.6) is 0 Å². The lowest BCUT2D eigenvalue weighted by Crippen LogP contribution is -2.52. The number of nitro benzene ring substituents is 1. The molecule has 1 heterocycles. The Hall–Kier alpha value is -2.71. The van der Waals surface area contributed by atoms with Crippen molar-refractivity contribution in [3.63, 3.8) is 0 Å². The van der Waals surface area contributed by atoms with Crippen molar-refractivity contribution in [2.24, 2.45) is 0 Å². The van der Waals surface area contributed by atoms with E-state index in [0.717, 1.165) is 5.56 Å². The summed E-state index contributed by atoms with van der Waals surface area (Å²) in [6, 6.07) is 11.9. The van der Waals surface area contributed by atoms with Gasteiger partial charge in [0.1, 0.15) is 5.69 Å². The van der Waals surface area contributed by atoms with Crippen LogP contribution in [-0.2, 0) is 0 Å². The minimum Gasteiger partial charge on any atom is -0.362 e. The van der Waals surface area contributed by atoms with Gasteiger partial charge in [0.2, 0.25) is 0 Å². The molecule has 0 bridgehead atoms. The van der Waals surface area contributed by atoms with Gasteiger partial charge in [0, 0.05) is 42.8 Å². The largest absolute Gasteiger partial charge is 0.362 e. The lowest BCUT2D eigenvalue weighted by molar-refractivity contribution is -0.384. The predicted octanol–water partition coefficient (Wildman–Crippen LogP) is 3.39. The summed E-state index contributed by atoms with van der Waals surface area (Å²) in [5, 5.41) is 14.7. The maximum Gasteiger partial charge on any atom is 0.294 e. The quantitative estimate of drug-likeness (QED) is 0.467. The van der Waals surface area contributed by atoms with Crippen molar-refractivity contribution in [2.45, 2.75) is 6.92 Å². The number of nitro groups is 1. The van der Waals surface area contributed by atoms with Gasteiger partial charge in [0.15, 0.2) is 5.11 Å². The molecule has 1 fully saturated rings. The zero-order valence-electron chi connectivity index (χ0n) is 15.2. The standard InChI is InChI=1S/C19H19ClN4O3S/c1-13-2-4-14(5-3-13)18(25)21-19(28)23-10-8-22(9-11-23)16-7-6-15(20)12-17(16)24(26)27/h2-7,12H,8-11H2,1H3,(H,21,25,28). The van der Waals surface area contributed by atoms with E-state index in [1.165, 1.54) is 6.07 Å². The van der Waals surface area contributed by atoms with Crippen LogP contribution in [0.15, 0.2) is 42.5 Å². The van der Waals surface area contributed by atoms with Crippen LogP contribution in [-0.4, -0.2) is 47.0 Å². The molecule has 28 heavy (non-hydrogen) atoms. The highest BCUT2D eigenvalue weighted by Gasteiger charge is 2.25. The average Bonchev–Trinajstić information content (AvgIpc) is 2.68. The fourth-order valence-corrected chi connectivity index (χ4v) is 3.46. The third-order valence-electron chi connectivity index (χ3n) is 4.58. The number of nitrogens with zero attached hydrogens (tertiary/aromatic N) is 3. The molecule has 0 atom stereocenters. The lowest BCUT2D eigenvalue weighted by atomic mass is 10.1. The fourth-order valence-electron chi connectivity index (χ4n) is 3.01. The molecule has 2 aromatic rings. The Bertz CT molecular complexity index is 912. The molecular formula is C19H19ClN4O3S. The summed E-state index contributed by atoms with van der Waals surface area (Å²) >= 11 is 11.2. The van der Waals surface area contributed by atoms with E-state index in [2.05, 4.69) is 5.32 Å². The van der Waals surface area contributed by atoms with Crippen molar-refractivity contribution in [2.75, 3.05) is 31.1 Å². The number of piperazine rings is 1. The number of nitrogens with one attached hydrogen (secondary N) is 1. The Kier molecular flexibility index (Phi) is 6.11. The molecule has 0 aliphatic carbocycles. The van der Waals surface area contributed by atoms with Gasteiger partial charge in [-0.1, -0.05) is 29.3 Å². The third kappa shape index (κ3) is 4.58. The van der Waals surface area contributed by atoms with Crippen LogP contribution in [0.2, 0.25) is 5.02 Å². The number of carbonyl (C=O) groups excluding carboxylic acids is 1. The summed E-state index contributed by atoms with van der Waals surface area (Å²) in [4.78, 5) is 27.0. The number of anilines is 1. The molecule has 1 amide bonds. The van der Waals surface area contributed by atoms with Crippen molar-refractivity contribution >= 4 is 46.2 Å². The topological polar surface area (TPSA) is 78.7 Å². The summed E-state index contributed by atoms with van der Waals surface area (Å²) in [5.41, 5.74) is 2.13. The number of benzene rings is 2. The van der Waals surface area contributed by atoms with E-state index in [-0.39, 0.29) is 11.6 Å². The van der Waals surface area contributed by atoms with Crippen molar-refractivity contribution in [1.29, 1.82) is 0 Å². The zero-order valence-corrected chi connectivity index (χ0v) is 16.8. The maximum atomic E-state index is 12.3. The Balaban J connectivity index is 1.61. The van der Waals surface area contributed by atoms with Crippen molar-refractivity contribution < 1.29 is 9.72 Å². The van der Waals surface area contributed by atoms with Crippen LogP contribution in [0.4, 0.5) is 11.4 Å². The molecule has 2 aromatic carbocycles. The highest BCUT2D eigenvalue weighted by molar-refractivity contribution is 7.80. The highest BCUT2D eigenvalue weighted by Crippen LogP contribution is 2.31. The first-order valence-electron chi connectivity index (χ1n) is 8.71. The summed E-state index contributed by atoms with van der Waals surface area (Å²) in [6.45, 7) is 4.14. The number of rotatable bonds is 3. The third-order valence-corrected chi connectivity index (χ3v) is 5.17. The number of carbonyl (C=O) groups is 1. The first-order valence-corrected chi connectivity index (χ1v) is 9.49. The van der Waals surface area contributed by atoms with E-state index in [1.54, 1.807) is 24.3 Å². The second-order valence-electron chi connectivity index (χ2n) is 6.49. The Morgan fingerprint density at radius 2 is 1.79 bits per heavy atom. The van der Waals surface area contributed by atoms with Gasteiger partial charge in [-0.25, -0.2) is 0 Å². The molecule has 9 heteroatoms. The number of hydrogen-bond donors (Lipinski definition) is 1. The monoisotopic (exact) mass is 418 g/mol. The van der Waals surface area contributed by atoms with Gasteiger partial charge in [-0.2, -0.15) is 0 Å². The summed E-state index contributed by atoms with van der Waals surface area (Å²) < 4.78 is 0. The number of thiocarbonyl (C=S) groups is 1. The fraction of sp³-hybridized carbons (Fsp3) is 0.263. The normalized spacial score (nSPS) is 13.9. The average molecular weight is 419 g/mol. The minimum atomic E-state index is -0.431. The smallest absolute Gasteiger partial charge is 0.294 e. The van der Waals surface area contributed by atoms with E-state index in [9.17, 15) is 14.9 Å². The summed E-state index contributed by atoms with van der Waals surface area (Å²) in [5.74, 6) is -0.249. The molecule has 0 radical (unpaired) electrons. The van der Waals surface area contributed by atoms with Gasteiger partial charge in [-0.15, -0.1) is 0 Å². The number of aryl methyl sites for hydroxylation is 1. The molecule has 1 aliphatic rings. The Morgan fingerprint density at radius 1 is 1.14 bits per heavy atom. The van der Waals surface area contributed by atoms with Crippen LogP contribution in [0, 0.1) is 17.0 Å². The number of halogens is 1. The lowest BCUT2D eigenvalue weighted by Gasteiger charge is -2.37. The molecule has 1 aliphatic heterocycles. The first kappa shape index (κ1) is 20.0. The van der Waals surface area contributed by atoms with Crippen molar-refractivity contribution in [1.82, 2.24) is 10.2 Å². The van der Waals surface area contributed by atoms with E-state index in [0.29, 0.717) is 47.6 Å². The molecule has 7 nitrogen and oxygen atoms in total. The van der Waals surface area contributed by atoms with Crippen LogP contribution in [0.1, 0.15) is 15.9 Å².